The minimum atomic E-state index is -0.903. The Balaban J connectivity index is 1.46. The topological polar surface area (TPSA) is 74.2 Å². The second-order valence-electron chi connectivity index (χ2n) is 10.4. The molecule has 0 unspecified atom stereocenters. The van der Waals surface area contributed by atoms with Gasteiger partial charge in [-0.15, -0.1) is 0 Å². The van der Waals surface area contributed by atoms with Gasteiger partial charge in [0.15, 0.2) is 5.60 Å². The van der Waals surface area contributed by atoms with Crippen LogP contribution in [0.25, 0.3) is 28.0 Å². The largest absolute Gasteiger partial charge is 0.472 e. The number of rotatable bonds is 12. The number of aliphatic hydroxyl groups excluding tert-OH is 1. The van der Waals surface area contributed by atoms with E-state index in [2.05, 4.69) is 24.3 Å². The number of fused-ring (bicyclic) bond motifs is 3. The van der Waals surface area contributed by atoms with E-state index in [1.165, 1.54) is 0 Å². The van der Waals surface area contributed by atoms with Crippen LogP contribution in [0.2, 0.25) is 0 Å². The van der Waals surface area contributed by atoms with Crippen molar-refractivity contribution in [1.82, 2.24) is 0 Å². The lowest BCUT2D eigenvalue weighted by atomic mass is 9.81. The van der Waals surface area contributed by atoms with Gasteiger partial charge in [-0.2, -0.15) is 0 Å². The molecule has 0 bridgehead atoms. The summed E-state index contributed by atoms with van der Waals surface area (Å²) in [5.41, 5.74) is 3.88. The zero-order chi connectivity index (χ0) is 30.2. The number of esters is 1. The molecule has 0 radical (unpaired) electrons. The Hall–Kier alpha value is -4.75. The van der Waals surface area contributed by atoms with Gasteiger partial charge in [-0.3, -0.25) is 0 Å². The molecule has 0 fully saturated rings. The lowest BCUT2D eigenvalue weighted by Gasteiger charge is -2.37. The van der Waals surface area contributed by atoms with Gasteiger partial charge in [-0.05, 0) is 23.1 Å². The Kier molecular flexibility index (Phi) is 9.13. The van der Waals surface area contributed by atoms with E-state index in [-0.39, 0.29) is 26.4 Å². The van der Waals surface area contributed by atoms with Crippen molar-refractivity contribution in [3.05, 3.63) is 144 Å². The normalized spacial score (nSPS) is 13.3. The maximum atomic E-state index is 14.0. The summed E-state index contributed by atoms with van der Waals surface area (Å²) in [6, 6.07) is 38.2. The summed E-state index contributed by atoms with van der Waals surface area (Å²) < 4.78 is 23.7. The van der Waals surface area contributed by atoms with Gasteiger partial charge in [0.1, 0.15) is 12.4 Å². The highest BCUT2D eigenvalue weighted by atomic mass is 16.6. The Morgan fingerprint density at radius 3 is 1.84 bits per heavy atom. The summed E-state index contributed by atoms with van der Waals surface area (Å²) in [6.45, 7) is 1.24. The Labute approximate surface area is 257 Å². The van der Waals surface area contributed by atoms with Crippen molar-refractivity contribution in [3.63, 3.8) is 0 Å². The molecule has 0 aliphatic carbocycles. The second-order valence-corrected chi connectivity index (χ2v) is 10.4. The van der Waals surface area contributed by atoms with Gasteiger partial charge in [-0.1, -0.05) is 115 Å². The third kappa shape index (κ3) is 5.88. The minimum absolute atomic E-state index is 0.0343. The standard InChI is InChI=1S/C38H34O6/c39-22-23-41-24-25-42-26-27-43-37(40)35-33-20-21-38(29-14-6-2-7-15-29,30-16-8-3-9-17-30)44-36(33)32-19-11-10-18-31(32)34(35)28-12-4-1-5-13-28/h1-21,39H,22-27H2. The van der Waals surface area contributed by atoms with E-state index in [4.69, 9.17) is 24.1 Å². The molecule has 0 saturated heterocycles. The zero-order valence-electron chi connectivity index (χ0n) is 24.4. The van der Waals surface area contributed by atoms with Crippen LogP contribution < -0.4 is 4.74 Å². The Morgan fingerprint density at radius 1 is 0.659 bits per heavy atom. The van der Waals surface area contributed by atoms with E-state index in [9.17, 15) is 4.79 Å². The van der Waals surface area contributed by atoms with Crippen molar-refractivity contribution in [1.29, 1.82) is 0 Å². The van der Waals surface area contributed by atoms with Crippen molar-refractivity contribution < 1.29 is 28.8 Å². The van der Waals surface area contributed by atoms with Crippen LogP contribution in [0.4, 0.5) is 0 Å². The van der Waals surface area contributed by atoms with Gasteiger partial charge in [0, 0.05) is 27.6 Å². The average Bonchev–Trinajstić information content (AvgIpc) is 3.09. The first kappa shape index (κ1) is 29.3. The molecule has 0 spiro atoms. The third-order valence-corrected chi connectivity index (χ3v) is 7.69. The molecular formula is C38H34O6. The molecule has 6 rings (SSSR count). The predicted molar refractivity (Wildman–Crippen MR) is 172 cm³/mol. The molecule has 5 aromatic rings. The summed E-state index contributed by atoms with van der Waals surface area (Å²) >= 11 is 0. The van der Waals surface area contributed by atoms with Gasteiger partial charge < -0.3 is 24.1 Å². The van der Waals surface area contributed by atoms with E-state index in [1.807, 2.05) is 103 Å². The molecule has 222 valence electrons. The molecule has 6 heteroatoms. The highest BCUT2D eigenvalue weighted by Crippen LogP contribution is 2.49. The highest BCUT2D eigenvalue weighted by Gasteiger charge is 2.39. The van der Waals surface area contributed by atoms with Gasteiger partial charge in [-0.25, -0.2) is 4.79 Å². The van der Waals surface area contributed by atoms with Crippen LogP contribution in [0.1, 0.15) is 27.0 Å². The first-order chi connectivity index (χ1) is 21.7. The summed E-state index contributed by atoms with van der Waals surface area (Å²) in [7, 11) is 0. The molecule has 44 heavy (non-hydrogen) atoms. The van der Waals surface area contributed by atoms with Crippen LogP contribution in [0.15, 0.2) is 121 Å². The summed E-state index contributed by atoms with van der Waals surface area (Å²) in [6.07, 6.45) is 4.04. The van der Waals surface area contributed by atoms with Gasteiger partial charge >= 0.3 is 5.97 Å². The minimum Gasteiger partial charge on any atom is -0.472 e. The van der Waals surface area contributed by atoms with Crippen molar-refractivity contribution in [3.8, 4) is 16.9 Å². The number of ether oxygens (including phenoxy) is 4. The van der Waals surface area contributed by atoms with E-state index in [0.29, 0.717) is 30.1 Å². The van der Waals surface area contributed by atoms with E-state index in [1.54, 1.807) is 0 Å². The molecule has 0 saturated carbocycles. The summed E-state index contributed by atoms with van der Waals surface area (Å²) in [4.78, 5) is 14.0. The molecule has 0 atom stereocenters. The summed E-state index contributed by atoms with van der Waals surface area (Å²) in [5.74, 6) is 0.172. The van der Waals surface area contributed by atoms with E-state index >= 15 is 0 Å². The smallest absolute Gasteiger partial charge is 0.339 e. The molecular weight excluding hydrogens is 552 g/mol. The Morgan fingerprint density at radius 2 is 1.20 bits per heavy atom. The fourth-order valence-electron chi connectivity index (χ4n) is 5.71. The fourth-order valence-corrected chi connectivity index (χ4v) is 5.71. The molecule has 5 aromatic carbocycles. The van der Waals surface area contributed by atoms with E-state index < -0.39 is 11.6 Å². The molecule has 1 heterocycles. The maximum absolute atomic E-state index is 14.0. The van der Waals surface area contributed by atoms with Crippen molar-refractivity contribution in [2.24, 2.45) is 0 Å². The number of hydrogen-bond acceptors (Lipinski definition) is 6. The first-order valence-electron chi connectivity index (χ1n) is 14.8. The van der Waals surface area contributed by atoms with Crippen LogP contribution in [-0.2, 0) is 19.8 Å². The average molecular weight is 587 g/mol. The summed E-state index contributed by atoms with van der Waals surface area (Å²) in [5, 5.41) is 10.6. The van der Waals surface area contributed by atoms with Gasteiger partial charge in [0.25, 0.3) is 0 Å². The highest BCUT2D eigenvalue weighted by molar-refractivity contribution is 6.14. The number of aliphatic hydroxyl groups is 1. The van der Waals surface area contributed by atoms with Crippen LogP contribution in [-0.4, -0.2) is 50.7 Å². The van der Waals surface area contributed by atoms with Crippen LogP contribution in [0, 0.1) is 0 Å². The van der Waals surface area contributed by atoms with Crippen LogP contribution >= 0.6 is 0 Å². The molecule has 1 N–H and O–H groups in total. The molecule has 1 aliphatic rings. The molecule has 0 aromatic heterocycles. The van der Waals surface area contributed by atoms with Gasteiger partial charge in [0.2, 0.25) is 0 Å². The fraction of sp³-hybridized carbons (Fsp3) is 0.184. The lowest BCUT2D eigenvalue weighted by molar-refractivity contribution is 0.00919. The third-order valence-electron chi connectivity index (χ3n) is 7.69. The molecule has 6 nitrogen and oxygen atoms in total. The predicted octanol–water partition coefficient (Wildman–Crippen LogP) is 7.04. The number of hydrogen-bond donors (Lipinski definition) is 1. The van der Waals surface area contributed by atoms with Crippen LogP contribution in [0.5, 0.6) is 5.75 Å². The van der Waals surface area contributed by atoms with E-state index in [0.717, 1.165) is 33.0 Å². The monoisotopic (exact) mass is 586 g/mol. The van der Waals surface area contributed by atoms with Crippen LogP contribution in [0.3, 0.4) is 0 Å². The van der Waals surface area contributed by atoms with Crippen molar-refractivity contribution in [2.45, 2.75) is 5.60 Å². The lowest BCUT2D eigenvalue weighted by Crippen LogP contribution is -2.34. The van der Waals surface area contributed by atoms with Crippen molar-refractivity contribution >= 4 is 22.8 Å². The number of benzene rings is 5. The number of carbonyl (C=O) groups excluding carboxylic acids is 1. The maximum Gasteiger partial charge on any atom is 0.339 e. The second kappa shape index (κ2) is 13.7. The Bertz CT molecular complexity index is 1690. The SMILES string of the molecule is O=C(OCCOCCOCCO)c1c2c(c3ccccc3c1-c1ccccc1)OC(c1ccccc1)(c1ccccc1)C=C2. The molecule has 0 amide bonds. The first-order valence-corrected chi connectivity index (χ1v) is 14.8. The van der Waals surface area contributed by atoms with Gasteiger partial charge in [0.05, 0.1) is 38.6 Å². The number of carbonyl (C=O) groups is 1. The van der Waals surface area contributed by atoms with Crippen molar-refractivity contribution in [2.75, 3.05) is 39.6 Å². The quantitative estimate of drug-likeness (QED) is 0.125. The molecule has 1 aliphatic heterocycles. The zero-order valence-corrected chi connectivity index (χ0v) is 24.4.